The fraction of sp³-hybridized carbons (Fsp3) is 0.683. The highest BCUT2D eigenvalue weighted by Crippen LogP contribution is 2.20. The number of pyridine rings is 1. The Labute approximate surface area is 268 Å². The van der Waals surface area contributed by atoms with Gasteiger partial charge in [-0.3, -0.25) is 0 Å². The lowest BCUT2D eigenvalue weighted by Crippen LogP contribution is -2.32. The molecule has 2 nitrogen and oxygen atoms in total. The van der Waals surface area contributed by atoms with Crippen molar-refractivity contribution in [2.24, 2.45) is 0 Å². The predicted octanol–water partition coefficient (Wildman–Crippen LogP) is 12.6. The van der Waals surface area contributed by atoms with Crippen molar-refractivity contribution in [1.82, 2.24) is 0 Å². The van der Waals surface area contributed by atoms with E-state index in [0.717, 1.165) is 6.54 Å². The van der Waals surface area contributed by atoms with E-state index < -0.39 is 0 Å². The Bertz CT molecular complexity index is 874. The van der Waals surface area contributed by atoms with Gasteiger partial charge < -0.3 is 4.90 Å². The molecule has 0 N–H and O–H groups in total. The summed E-state index contributed by atoms with van der Waals surface area (Å²) in [4.78, 5) is 2.68. The lowest BCUT2D eigenvalue weighted by molar-refractivity contribution is -0.697. The van der Waals surface area contributed by atoms with Crippen LogP contribution in [0.1, 0.15) is 173 Å². The van der Waals surface area contributed by atoms with E-state index in [9.17, 15) is 0 Å². The quantitative estimate of drug-likeness (QED) is 0.0707. The van der Waals surface area contributed by atoms with Crippen LogP contribution in [0, 0.1) is 0 Å². The Morgan fingerprint density at radius 2 is 0.814 bits per heavy atom. The normalized spacial score (nSPS) is 11.5. The highest BCUT2D eigenvalue weighted by molar-refractivity contribution is 5.70. The van der Waals surface area contributed by atoms with Gasteiger partial charge in [0.25, 0.3) is 0 Å². The van der Waals surface area contributed by atoms with Crippen molar-refractivity contribution in [3.05, 3.63) is 59.9 Å². The van der Waals surface area contributed by atoms with Gasteiger partial charge in [0.2, 0.25) is 0 Å². The van der Waals surface area contributed by atoms with Gasteiger partial charge in [0.15, 0.2) is 12.4 Å². The topological polar surface area (TPSA) is 7.12 Å². The van der Waals surface area contributed by atoms with Crippen LogP contribution in [0.3, 0.4) is 0 Å². The Kier molecular flexibility index (Phi) is 22.7. The summed E-state index contributed by atoms with van der Waals surface area (Å²) < 4.78 is 2.29. The van der Waals surface area contributed by atoms with Gasteiger partial charge in [-0.2, -0.15) is 0 Å². The molecule has 0 fully saturated rings. The predicted molar refractivity (Wildman–Crippen MR) is 193 cm³/mol. The van der Waals surface area contributed by atoms with Crippen molar-refractivity contribution in [3.63, 3.8) is 0 Å². The maximum atomic E-state index is 2.68. The van der Waals surface area contributed by atoms with Gasteiger partial charge in [-0.25, -0.2) is 4.57 Å². The van der Waals surface area contributed by atoms with Gasteiger partial charge in [-0.15, -0.1) is 0 Å². The molecule has 0 atom stereocenters. The zero-order valence-electron chi connectivity index (χ0n) is 28.8. The number of anilines is 1. The third-order valence-electron chi connectivity index (χ3n) is 8.98. The van der Waals surface area contributed by atoms with Gasteiger partial charge in [0.05, 0.1) is 0 Å². The minimum absolute atomic E-state index is 1.11. The van der Waals surface area contributed by atoms with E-state index in [2.05, 4.69) is 91.2 Å². The average Bonchev–Trinajstić information content (AvgIpc) is 3.04. The second-order valence-corrected chi connectivity index (χ2v) is 13.0. The van der Waals surface area contributed by atoms with Crippen LogP contribution in [0.2, 0.25) is 0 Å². The van der Waals surface area contributed by atoms with Crippen molar-refractivity contribution in [2.45, 2.75) is 169 Å². The maximum Gasteiger partial charge on any atom is 0.169 e. The Morgan fingerprint density at radius 1 is 0.442 bits per heavy atom. The van der Waals surface area contributed by atoms with Crippen molar-refractivity contribution in [1.29, 1.82) is 0 Å². The molecule has 0 aliphatic rings. The first-order chi connectivity index (χ1) is 21.3. The van der Waals surface area contributed by atoms with Gasteiger partial charge >= 0.3 is 0 Å². The second-order valence-electron chi connectivity index (χ2n) is 13.0. The summed E-state index contributed by atoms with van der Waals surface area (Å²) >= 11 is 0. The van der Waals surface area contributed by atoms with Crippen molar-refractivity contribution in [2.75, 3.05) is 18.0 Å². The van der Waals surface area contributed by atoms with Gasteiger partial charge in [0, 0.05) is 37.3 Å². The largest absolute Gasteiger partial charge is 0.372 e. The molecular weight excluding hydrogens is 520 g/mol. The second kappa shape index (κ2) is 26.3. The molecule has 1 heterocycles. The standard InChI is InChI=1S/C41H69N2/c1-4-7-10-12-14-16-18-20-22-24-35-43(36-25-23-21-19-17-15-13-11-8-5-2)41-30-28-39(29-31-41)26-27-40-32-37-42(38-33-40)34-9-6-3/h26-33,37-38H,4-25,34-36H2,1-3H3/q+1. The van der Waals surface area contributed by atoms with Crippen LogP contribution in [-0.4, -0.2) is 13.1 Å². The van der Waals surface area contributed by atoms with E-state index in [4.69, 9.17) is 0 Å². The fourth-order valence-electron chi connectivity index (χ4n) is 6.01. The molecular formula is C41H69N2+. The summed E-state index contributed by atoms with van der Waals surface area (Å²) in [6.45, 7) is 10.4. The molecule has 0 saturated carbocycles. The van der Waals surface area contributed by atoms with Crippen LogP contribution in [0.4, 0.5) is 5.69 Å². The molecule has 0 unspecified atom stereocenters. The summed E-state index contributed by atoms with van der Waals surface area (Å²) in [6.07, 6.45) is 39.5. The van der Waals surface area contributed by atoms with Crippen LogP contribution in [0.25, 0.3) is 12.2 Å². The number of hydrogen-bond acceptors (Lipinski definition) is 1. The third-order valence-corrected chi connectivity index (χ3v) is 8.98. The van der Waals surface area contributed by atoms with Crippen molar-refractivity contribution in [3.8, 4) is 0 Å². The zero-order chi connectivity index (χ0) is 30.6. The summed E-state index contributed by atoms with van der Waals surface area (Å²) in [5, 5.41) is 0. The number of aromatic nitrogens is 1. The van der Waals surface area contributed by atoms with E-state index in [0.29, 0.717) is 0 Å². The van der Waals surface area contributed by atoms with Gasteiger partial charge in [-0.05, 0) is 36.1 Å². The Balaban J connectivity index is 1.79. The molecule has 1 aromatic carbocycles. The molecule has 2 rings (SSSR count). The lowest BCUT2D eigenvalue weighted by Gasteiger charge is -2.25. The number of hydrogen-bond donors (Lipinski definition) is 0. The van der Waals surface area contributed by atoms with Gasteiger partial charge in [-0.1, -0.05) is 167 Å². The van der Waals surface area contributed by atoms with E-state index in [-0.39, 0.29) is 0 Å². The molecule has 0 bridgehead atoms. The number of unbranched alkanes of at least 4 members (excludes halogenated alkanes) is 19. The number of benzene rings is 1. The fourth-order valence-corrected chi connectivity index (χ4v) is 6.01. The molecule has 0 saturated heterocycles. The van der Waals surface area contributed by atoms with Crippen molar-refractivity contribution < 1.29 is 4.57 Å². The molecule has 43 heavy (non-hydrogen) atoms. The van der Waals surface area contributed by atoms with Crippen LogP contribution in [0.15, 0.2) is 48.8 Å². The monoisotopic (exact) mass is 590 g/mol. The van der Waals surface area contributed by atoms with E-state index in [1.807, 2.05) is 0 Å². The van der Waals surface area contributed by atoms with Gasteiger partial charge in [0.1, 0.15) is 6.54 Å². The smallest absolute Gasteiger partial charge is 0.169 e. The van der Waals surface area contributed by atoms with Crippen LogP contribution in [-0.2, 0) is 6.54 Å². The SMILES string of the molecule is CCCCCCCCCCCCN(CCCCCCCCCCCC)c1ccc(/C=C/c2cc[n+](CCCC)cc2)cc1. The molecule has 1 aromatic heterocycles. The summed E-state index contributed by atoms with van der Waals surface area (Å²) in [5.41, 5.74) is 3.95. The first-order valence-corrected chi connectivity index (χ1v) is 18.8. The van der Waals surface area contributed by atoms with E-state index in [1.54, 1.807) is 0 Å². The number of rotatable bonds is 28. The van der Waals surface area contributed by atoms with Crippen LogP contribution in [0.5, 0.6) is 0 Å². The minimum atomic E-state index is 1.11. The summed E-state index contributed by atoms with van der Waals surface area (Å²) in [5.74, 6) is 0. The lowest BCUT2D eigenvalue weighted by atomic mass is 10.1. The molecule has 0 aliphatic heterocycles. The molecule has 0 spiro atoms. The summed E-state index contributed by atoms with van der Waals surface area (Å²) in [6, 6.07) is 13.8. The minimum Gasteiger partial charge on any atom is -0.372 e. The molecule has 242 valence electrons. The average molecular weight is 590 g/mol. The van der Waals surface area contributed by atoms with Crippen LogP contribution >= 0.6 is 0 Å². The highest BCUT2D eigenvalue weighted by atomic mass is 15.1. The summed E-state index contributed by atoms with van der Waals surface area (Å²) in [7, 11) is 0. The van der Waals surface area contributed by atoms with E-state index >= 15 is 0 Å². The molecule has 2 heteroatoms. The number of aryl methyl sites for hydroxylation is 1. The number of nitrogens with zero attached hydrogens (tertiary/aromatic N) is 2. The van der Waals surface area contributed by atoms with E-state index in [1.165, 1.54) is 171 Å². The third kappa shape index (κ3) is 19.0. The highest BCUT2D eigenvalue weighted by Gasteiger charge is 2.07. The molecule has 0 aliphatic carbocycles. The zero-order valence-corrected chi connectivity index (χ0v) is 28.8. The van der Waals surface area contributed by atoms with Crippen LogP contribution < -0.4 is 9.47 Å². The molecule has 0 amide bonds. The molecule has 2 aromatic rings. The van der Waals surface area contributed by atoms with Crippen molar-refractivity contribution >= 4 is 17.8 Å². The first-order valence-electron chi connectivity index (χ1n) is 18.8. The first kappa shape index (κ1) is 37.1. The Morgan fingerprint density at radius 3 is 1.23 bits per heavy atom. The Hall–Kier alpha value is -2.09. The molecule has 0 radical (unpaired) electrons. The maximum absolute atomic E-state index is 2.68.